The van der Waals surface area contributed by atoms with Crippen molar-refractivity contribution < 1.29 is 18.3 Å². The molecule has 3 atom stereocenters. The standard InChI is InChI=1S/C19H23ClN2O6S/c1-4-11(13-8-5-9(2)28-13)21-14-15(18(25)17(14)24)22-12-7-6-10(20)19(16(12)23)29(3,26)27/h6-7,9,11,13,21-23H,4-5,8H2,1-3H3/t9-,11?,13-/m1/s1. The Morgan fingerprint density at radius 1 is 1.24 bits per heavy atom. The van der Waals surface area contributed by atoms with E-state index in [-0.39, 0.29) is 40.3 Å². The molecule has 1 aliphatic rings. The SMILES string of the molecule is CCC(Nc1c(Nc2ccc(Cl)c(S(C)(=O)=O)c2O)c(=O)c1=O)[C@H]1CC[C@@H](C)O1. The van der Waals surface area contributed by atoms with Gasteiger partial charge in [-0.3, -0.25) is 9.59 Å². The number of phenols is 1. The molecule has 1 unspecified atom stereocenters. The maximum absolute atomic E-state index is 12.1. The maximum Gasteiger partial charge on any atom is 0.253 e. The topological polar surface area (TPSA) is 122 Å². The van der Waals surface area contributed by atoms with Crippen LogP contribution in [0.15, 0.2) is 26.6 Å². The van der Waals surface area contributed by atoms with E-state index in [0.717, 1.165) is 19.1 Å². The van der Waals surface area contributed by atoms with Gasteiger partial charge in [0.05, 0.1) is 29.0 Å². The summed E-state index contributed by atoms with van der Waals surface area (Å²) < 4.78 is 29.7. The minimum Gasteiger partial charge on any atom is -0.504 e. The second-order valence-corrected chi connectivity index (χ2v) is 9.66. The van der Waals surface area contributed by atoms with E-state index in [1.54, 1.807) is 0 Å². The second kappa shape index (κ2) is 7.97. The summed E-state index contributed by atoms with van der Waals surface area (Å²) >= 11 is 5.90. The monoisotopic (exact) mass is 442 g/mol. The molecular formula is C19H23ClN2O6S. The van der Waals surface area contributed by atoms with Crippen LogP contribution in [0, 0.1) is 0 Å². The Kier molecular flexibility index (Phi) is 5.93. The van der Waals surface area contributed by atoms with E-state index in [0.29, 0.717) is 6.42 Å². The molecule has 3 rings (SSSR count). The molecule has 0 bridgehead atoms. The Balaban J connectivity index is 1.90. The minimum atomic E-state index is -3.81. The Morgan fingerprint density at radius 2 is 1.90 bits per heavy atom. The first-order chi connectivity index (χ1) is 13.5. The second-order valence-electron chi connectivity index (χ2n) is 7.30. The summed E-state index contributed by atoms with van der Waals surface area (Å²) in [5.41, 5.74) is -1.40. The zero-order valence-corrected chi connectivity index (χ0v) is 17.9. The molecule has 8 nitrogen and oxygen atoms in total. The molecule has 1 aliphatic heterocycles. The van der Waals surface area contributed by atoms with E-state index in [1.807, 2.05) is 13.8 Å². The summed E-state index contributed by atoms with van der Waals surface area (Å²) in [7, 11) is -3.81. The fourth-order valence-electron chi connectivity index (χ4n) is 3.56. The van der Waals surface area contributed by atoms with E-state index in [9.17, 15) is 23.1 Å². The molecule has 2 aromatic rings. The molecule has 0 radical (unpaired) electrons. The molecule has 10 heteroatoms. The molecule has 29 heavy (non-hydrogen) atoms. The molecule has 158 valence electrons. The van der Waals surface area contributed by atoms with Gasteiger partial charge >= 0.3 is 0 Å². The zero-order valence-electron chi connectivity index (χ0n) is 16.3. The lowest BCUT2D eigenvalue weighted by Crippen LogP contribution is -2.42. The summed E-state index contributed by atoms with van der Waals surface area (Å²) in [6, 6.07) is 2.47. The lowest BCUT2D eigenvalue weighted by molar-refractivity contribution is 0.0438. The van der Waals surface area contributed by atoms with Crippen LogP contribution in [0.25, 0.3) is 0 Å². The summed E-state index contributed by atoms with van der Waals surface area (Å²) in [5, 5.41) is 16.0. The molecule has 2 aromatic carbocycles. The molecule has 0 amide bonds. The fourth-order valence-corrected chi connectivity index (χ4v) is 5.01. The minimum absolute atomic E-state index is 0.0310. The van der Waals surface area contributed by atoms with Gasteiger partial charge in [-0.1, -0.05) is 18.5 Å². The van der Waals surface area contributed by atoms with Crippen molar-refractivity contribution in [2.75, 3.05) is 16.9 Å². The van der Waals surface area contributed by atoms with Gasteiger partial charge < -0.3 is 20.5 Å². The molecule has 0 aliphatic carbocycles. The molecule has 1 fully saturated rings. The number of aromatic hydroxyl groups is 1. The van der Waals surface area contributed by atoms with E-state index < -0.39 is 31.3 Å². The number of halogens is 1. The van der Waals surface area contributed by atoms with Crippen LogP contribution in [0.4, 0.5) is 17.1 Å². The van der Waals surface area contributed by atoms with E-state index >= 15 is 0 Å². The van der Waals surface area contributed by atoms with Gasteiger partial charge in [0.15, 0.2) is 15.6 Å². The first-order valence-electron chi connectivity index (χ1n) is 9.28. The summed E-state index contributed by atoms with van der Waals surface area (Å²) in [6.07, 6.45) is 3.43. The van der Waals surface area contributed by atoms with Crippen LogP contribution in [0.1, 0.15) is 33.1 Å². The van der Waals surface area contributed by atoms with E-state index in [2.05, 4.69) is 10.6 Å². The summed E-state index contributed by atoms with van der Waals surface area (Å²) in [5.74, 6) is -0.612. The third-order valence-corrected chi connectivity index (χ3v) is 6.69. The number of rotatable bonds is 7. The normalized spacial score (nSPS) is 20.7. The molecule has 0 saturated carbocycles. The van der Waals surface area contributed by atoms with Crippen molar-refractivity contribution in [3.8, 4) is 5.75 Å². The molecule has 0 aromatic heterocycles. The summed E-state index contributed by atoms with van der Waals surface area (Å²) in [4.78, 5) is 23.8. The predicted octanol–water partition coefficient (Wildman–Crippen LogP) is 2.55. The van der Waals surface area contributed by atoms with Gasteiger partial charge in [-0.25, -0.2) is 8.42 Å². The smallest absolute Gasteiger partial charge is 0.253 e. The Morgan fingerprint density at radius 3 is 2.45 bits per heavy atom. The first kappa shape index (κ1) is 21.6. The van der Waals surface area contributed by atoms with E-state index in [4.69, 9.17) is 16.3 Å². The number of phenolic OH excluding ortho intramolecular Hbond substituents is 1. The number of benzene rings is 1. The quantitative estimate of drug-likeness (QED) is 0.441. The summed E-state index contributed by atoms with van der Waals surface area (Å²) in [6.45, 7) is 3.94. The van der Waals surface area contributed by atoms with Crippen LogP contribution in [0.5, 0.6) is 5.75 Å². The number of sulfone groups is 1. The highest BCUT2D eigenvalue weighted by Gasteiger charge is 2.32. The fraction of sp³-hybridized carbons (Fsp3) is 0.474. The average Bonchev–Trinajstić information content (AvgIpc) is 3.07. The number of nitrogens with one attached hydrogen (secondary N) is 2. The van der Waals surface area contributed by atoms with Gasteiger partial charge in [-0.2, -0.15) is 0 Å². The average molecular weight is 443 g/mol. The van der Waals surface area contributed by atoms with Crippen LogP contribution in [0.3, 0.4) is 0 Å². The van der Waals surface area contributed by atoms with Crippen molar-refractivity contribution >= 4 is 38.5 Å². The van der Waals surface area contributed by atoms with Gasteiger partial charge in [0.1, 0.15) is 16.3 Å². The zero-order chi connectivity index (χ0) is 21.5. The van der Waals surface area contributed by atoms with Crippen LogP contribution < -0.4 is 21.5 Å². The molecular weight excluding hydrogens is 420 g/mol. The van der Waals surface area contributed by atoms with Crippen molar-refractivity contribution in [3.63, 3.8) is 0 Å². The van der Waals surface area contributed by atoms with Crippen molar-refractivity contribution in [3.05, 3.63) is 37.6 Å². The third kappa shape index (κ3) is 4.12. The van der Waals surface area contributed by atoms with Gasteiger partial charge in [0.2, 0.25) is 0 Å². The Labute approximate surface area is 173 Å². The number of anilines is 3. The van der Waals surface area contributed by atoms with Gasteiger partial charge in [-0.15, -0.1) is 0 Å². The van der Waals surface area contributed by atoms with Gasteiger partial charge in [0.25, 0.3) is 10.9 Å². The lowest BCUT2D eigenvalue weighted by Gasteiger charge is -2.26. The van der Waals surface area contributed by atoms with Crippen molar-refractivity contribution in [1.29, 1.82) is 0 Å². The lowest BCUT2D eigenvalue weighted by atomic mass is 10.0. The predicted molar refractivity (Wildman–Crippen MR) is 112 cm³/mol. The van der Waals surface area contributed by atoms with Gasteiger partial charge in [-0.05, 0) is 38.3 Å². The number of ether oxygens (including phenoxy) is 1. The van der Waals surface area contributed by atoms with Crippen molar-refractivity contribution in [2.24, 2.45) is 0 Å². The molecule has 0 spiro atoms. The highest BCUT2D eigenvalue weighted by molar-refractivity contribution is 7.91. The van der Waals surface area contributed by atoms with Gasteiger partial charge in [0, 0.05) is 6.26 Å². The number of hydrogen-bond acceptors (Lipinski definition) is 8. The highest BCUT2D eigenvalue weighted by atomic mass is 35.5. The molecule has 1 saturated heterocycles. The van der Waals surface area contributed by atoms with Crippen LogP contribution >= 0.6 is 11.6 Å². The van der Waals surface area contributed by atoms with Crippen LogP contribution in [-0.4, -0.2) is 38.0 Å². The maximum atomic E-state index is 12.1. The molecule has 1 heterocycles. The molecule has 3 N–H and O–H groups in total. The highest BCUT2D eigenvalue weighted by Crippen LogP contribution is 2.38. The largest absolute Gasteiger partial charge is 0.504 e. The third-order valence-electron chi connectivity index (χ3n) is 5.11. The van der Waals surface area contributed by atoms with Crippen molar-refractivity contribution in [2.45, 2.75) is 56.3 Å². The Bertz CT molecular complexity index is 1110. The number of hydrogen-bond donors (Lipinski definition) is 3. The first-order valence-corrected chi connectivity index (χ1v) is 11.5. The van der Waals surface area contributed by atoms with E-state index in [1.165, 1.54) is 12.1 Å². The Hall–Kier alpha value is -2.10. The van der Waals surface area contributed by atoms with Crippen LogP contribution in [0.2, 0.25) is 5.02 Å². The van der Waals surface area contributed by atoms with Crippen LogP contribution in [-0.2, 0) is 14.6 Å². The van der Waals surface area contributed by atoms with Crippen molar-refractivity contribution in [1.82, 2.24) is 0 Å².